The first-order chi connectivity index (χ1) is 19.7. The molecular formula is C32H62NO7P. The molecule has 242 valence electrons. The van der Waals surface area contributed by atoms with Crippen molar-refractivity contribution in [3.8, 4) is 0 Å². The van der Waals surface area contributed by atoms with E-state index in [0.717, 1.165) is 49.8 Å². The molecule has 0 aromatic carbocycles. The number of esters is 1. The summed E-state index contributed by atoms with van der Waals surface area (Å²) in [6, 6.07) is 0. The van der Waals surface area contributed by atoms with Crippen LogP contribution >= 0.6 is 7.82 Å². The zero-order valence-electron chi connectivity index (χ0n) is 26.7. The number of hydrogen-bond donors (Lipinski definition) is 0. The molecule has 0 saturated carbocycles. The topological polar surface area (TPSA) is 94.1 Å². The van der Waals surface area contributed by atoms with E-state index in [0.29, 0.717) is 12.5 Å². The van der Waals surface area contributed by atoms with E-state index in [4.69, 9.17) is 18.5 Å². The maximum atomic E-state index is 12.4. The minimum Gasteiger partial charge on any atom is -0.756 e. The van der Waals surface area contributed by atoms with E-state index in [-0.39, 0.29) is 25.7 Å². The Morgan fingerprint density at radius 2 is 1.34 bits per heavy atom. The predicted molar refractivity (Wildman–Crippen MR) is 162 cm³/mol. The van der Waals surface area contributed by atoms with Crippen LogP contribution in [-0.4, -0.2) is 69.7 Å². The van der Waals surface area contributed by atoms with Gasteiger partial charge in [0.2, 0.25) is 0 Å². The quantitative estimate of drug-likeness (QED) is 0.0447. The van der Waals surface area contributed by atoms with Crippen molar-refractivity contribution in [1.29, 1.82) is 0 Å². The Morgan fingerprint density at radius 1 is 0.829 bits per heavy atom. The summed E-state index contributed by atoms with van der Waals surface area (Å²) in [6.45, 7) is 7.38. The third kappa shape index (κ3) is 17.4. The van der Waals surface area contributed by atoms with E-state index in [9.17, 15) is 14.3 Å². The lowest BCUT2D eigenvalue weighted by Crippen LogP contribution is -2.60. The molecule has 0 N–H and O–H groups in total. The van der Waals surface area contributed by atoms with Gasteiger partial charge < -0.3 is 27.9 Å². The van der Waals surface area contributed by atoms with Gasteiger partial charge in [-0.3, -0.25) is 9.36 Å². The molecule has 3 atom stereocenters. The first-order valence-corrected chi connectivity index (χ1v) is 18.4. The highest BCUT2D eigenvalue weighted by molar-refractivity contribution is 7.45. The molecule has 9 heteroatoms. The van der Waals surface area contributed by atoms with Gasteiger partial charge in [0.25, 0.3) is 7.82 Å². The van der Waals surface area contributed by atoms with Crippen LogP contribution < -0.4 is 4.89 Å². The number of hydrogen-bond acceptors (Lipinski definition) is 7. The Morgan fingerprint density at radius 3 is 1.83 bits per heavy atom. The number of rotatable bonds is 26. The number of carbonyl (C=O) groups is 1. The number of nitrogens with zero attached hydrogens (tertiary/aromatic N) is 1. The summed E-state index contributed by atoms with van der Waals surface area (Å²) >= 11 is 0. The molecule has 3 saturated heterocycles. The Hall–Kier alpha value is -0.500. The second-order valence-electron chi connectivity index (χ2n) is 13.0. The number of phosphoric ester groups is 1. The van der Waals surface area contributed by atoms with Crippen LogP contribution in [0.3, 0.4) is 0 Å². The maximum absolute atomic E-state index is 12.4. The average Bonchev–Trinajstić information content (AvgIpc) is 2.94. The van der Waals surface area contributed by atoms with Crippen LogP contribution in [0.25, 0.3) is 0 Å². The molecule has 0 aliphatic carbocycles. The molecule has 3 aliphatic rings. The van der Waals surface area contributed by atoms with Gasteiger partial charge in [-0.25, -0.2) is 0 Å². The second kappa shape index (κ2) is 21.2. The predicted octanol–water partition coefficient (Wildman–Crippen LogP) is 7.18. The Kier molecular flexibility index (Phi) is 19.0. The zero-order chi connectivity index (χ0) is 29.8. The smallest absolute Gasteiger partial charge is 0.303 e. The van der Waals surface area contributed by atoms with Gasteiger partial charge in [0.1, 0.15) is 6.10 Å². The molecule has 41 heavy (non-hydrogen) atoms. The van der Waals surface area contributed by atoms with Crippen LogP contribution in [0.2, 0.25) is 0 Å². The molecule has 3 aliphatic heterocycles. The van der Waals surface area contributed by atoms with Gasteiger partial charge in [0.05, 0.1) is 46.5 Å². The van der Waals surface area contributed by atoms with Crippen LogP contribution in [-0.2, 0) is 27.9 Å². The number of fused-ring (bicyclic) bond motifs is 3. The van der Waals surface area contributed by atoms with Gasteiger partial charge in [-0.15, -0.1) is 0 Å². The molecule has 0 radical (unpaired) electrons. The summed E-state index contributed by atoms with van der Waals surface area (Å²) in [5.74, 6) is 0.276. The lowest BCUT2D eigenvalue weighted by Gasteiger charge is -2.50. The number of ether oxygens (including phenoxy) is 2. The van der Waals surface area contributed by atoms with Gasteiger partial charge in [0.15, 0.2) is 0 Å². The van der Waals surface area contributed by atoms with Crippen molar-refractivity contribution in [2.45, 2.75) is 136 Å². The lowest BCUT2D eigenvalue weighted by molar-refractivity contribution is -0.929. The number of phosphoric acid groups is 1. The van der Waals surface area contributed by atoms with E-state index < -0.39 is 19.9 Å². The van der Waals surface area contributed by atoms with Gasteiger partial charge in [-0.05, 0) is 12.3 Å². The van der Waals surface area contributed by atoms with E-state index in [1.54, 1.807) is 0 Å². The van der Waals surface area contributed by atoms with Gasteiger partial charge >= 0.3 is 5.97 Å². The highest BCUT2D eigenvalue weighted by atomic mass is 31.2. The highest BCUT2D eigenvalue weighted by Gasteiger charge is 2.43. The van der Waals surface area contributed by atoms with Crippen molar-refractivity contribution in [3.05, 3.63) is 0 Å². The fourth-order valence-corrected chi connectivity index (χ4v) is 7.28. The van der Waals surface area contributed by atoms with Crippen molar-refractivity contribution in [1.82, 2.24) is 0 Å². The van der Waals surface area contributed by atoms with Gasteiger partial charge in [-0.2, -0.15) is 0 Å². The Bertz CT molecular complexity index is 729. The van der Waals surface area contributed by atoms with Crippen molar-refractivity contribution in [2.24, 2.45) is 11.8 Å². The molecule has 3 rings (SSSR count). The standard InChI is InChI=1S/C32H62NO7P/c1-4-5-6-7-8-9-10-11-12-13-14-15-16-17-18-19-24-37-27-32(40-29(2)34)28-39-41(35,36)38-26-31-25-33(3)22-20-30(31)21-23-33/h30-32H,4-28H2,1-3H3. The van der Waals surface area contributed by atoms with Crippen molar-refractivity contribution in [3.63, 3.8) is 0 Å². The van der Waals surface area contributed by atoms with E-state index in [1.165, 1.54) is 96.8 Å². The molecule has 0 aromatic rings. The third-order valence-corrected chi connectivity index (χ3v) is 10.00. The molecule has 2 bridgehead atoms. The van der Waals surface area contributed by atoms with Crippen molar-refractivity contribution < 1.29 is 37.3 Å². The minimum atomic E-state index is -4.48. The van der Waals surface area contributed by atoms with Crippen LogP contribution in [0.1, 0.15) is 129 Å². The largest absolute Gasteiger partial charge is 0.756 e. The number of carbonyl (C=O) groups excluding carboxylic acids is 1. The van der Waals surface area contributed by atoms with Gasteiger partial charge in [0, 0.05) is 32.3 Å². The third-order valence-electron chi connectivity index (χ3n) is 9.07. The molecule has 3 fully saturated rings. The Labute approximate surface area is 251 Å². The zero-order valence-corrected chi connectivity index (χ0v) is 27.6. The van der Waals surface area contributed by atoms with Crippen molar-refractivity contribution >= 4 is 13.8 Å². The summed E-state index contributed by atoms with van der Waals surface area (Å²) in [7, 11) is -2.25. The van der Waals surface area contributed by atoms with Crippen LogP contribution in [0.4, 0.5) is 0 Å². The van der Waals surface area contributed by atoms with E-state index >= 15 is 0 Å². The van der Waals surface area contributed by atoms with E-state index in [1.807, 2.05) is 0 Å². The summed E-state index contributed by atoms with van der Waals surface area (Å²) in [6.07, 6.45) is 22.5. The van der Waals surface area contributed by atoms with Crippen LogP contribution in [0, 0.1) is 11.8 Å². The van der Waals surface area contributed by atoms with Crippen LogP contribution in [0.15, 0.2) is 0 Å². The first-order valence-electron chi connectivity index (χ1n) is 16.9. The molecule has 0 aromatic heterocycles. The summed E-state index contributed by atoms with van der Waals surface area (Å²) in [4.78, 5) is 23.9. The normalized spacial score (nSPS) is 24.3. The van der Waals surface area contributed by atoms with Crippen molar-refractivity contribution in [2.75, 3.05) is 53.1 Å². The minimum absolute atomic E-state index is 0.110. The average molecular weight is 604 g/mol. The lowest BCUT2D eigenvalue weighted by atomic mass is 9.78. The molecular weight excluding hydrogens is 541 g/mol. The second-order valence-corrected chi connectivity index (χ2v) is 14.4. The molecule has 3 unspecified atom stereocenters. The molecule has 0 spiro atoms. The van der Waals surface area contributed by atoms with E-state index in [2.05, 4.69) is 14.0 Å². The highest BCUT2D eigenvalue weighted by Crippen LogP contribution is 2.43. The maximum Gasteiger partial charge on any atom is 0.303 e. The molecule has 8 nitrogen and oxygen atoms in total. The monoisotopic (exact) mass is 603 g/mol. The summed E-state index contributed by atoms with van der Waals surface area (Å²) in [5, 5.41) is 0. The molecule has 0 amide bonds. The number of quaternary nitrogens is 1. The number of piperidine rings is 3. The van der Waals surface area contributed by atoms with Gasteiger partial charge in [-0.1, -0.05) is 103 Å². The fraction of sp³-hybridized carbons (Fsp3) is 0.969. The molecule has 3 heterocycles. The Balaban J connectivity index is 1.44. The SMILES string of the molecule is CCCCCCCCCCCCCCCCCCOCC(COP(=O)([O-])OCC1C[N+]2(C)CCC1CC2)OC(C)=O. The summed E-state index contributed by atoms with van der Waals surface area (Å²) in [5.41, 5.74) is 0. The first kappa shape index (κ1) is 36.7. The number of unbranched alkanes of at least 4 members (excludes halogenated alkanes) is 15. The summed E-state index contributed by atoms with van der Waals surface area (Å²) < 4.78 is 34.6. The fourth-order valence-electron chi connectivity index (χ4n) is 6.49. The van der Waals surface area contributed by atoms with Crippen LogP contribution in [0.5, 0.6) is 0 Å².